The van der Waals surface area contributed by atoms with Crippen molar-refractivity contribution in [3.63, 3.8) is 0 Å². The number of rotatable bonds is 4. The van der Waals surface area contributed by atoms with E-state index in [0.717, 1.165) is 0 Å². The summed E-state index contributed by atoms with van der Waals surface area (Å²) in [7, 11) is -2.14. The summed E-state index contributed by atoms with van der Waals surface area (Å²) < 4.78 is 28.2. The second kappa shape index (κ2) is 6.80. The van der Waals surface area contributed by atoms with Gasteiger partial charge in [-0.2, -0.15) is 4.31 Å². The number of carbonyl (C=O) groups excluding carboxylic acids is 2. The third-order valence-electron chi connectivity index (χ3n) is 4.14. The summed E-state index contributed by atoms with van der Waals surface area (Å²) in [5.74, 6) is -0.637. The number of carbonyl (C=O) groups is 2. The first-order valence-corrected chi connectivity index (χ1v) is 9.60. The molecule has 0 spiro atoms. The fraction of sp³-hybridized carbons (Fsp3) is 0.625. The van der Waals surface area contributed by atoms with E-state index < -0.39 is 15.9 Å². The summed E-state index contributed by atoms with van der Waals surface area (Å²) in [6.07, 6.45) is 1.81. The SMILES string of the molecule is Cn1cc(S(=O)(=O)N2CCN(C(=O)CC(C)(C)C)CC2)cc1C(N)=O. The largest absolute Gasteiger partial charge is 0.364 e. The van der Waals surface area contributed by atoms with Gasteiger partial charge in [0.25, 0.3) is 5.91 Å². The number of aromatic nitrogens is 1. The molecule has 0 aliphatic carbocycles. The first-order chi connectivity index (χ1) is 11.4. The molecule has 2 N–H and O–H groups in total. The predicted molar refractivity (Wildman–Crippen MR) is 93.3 cm³/mol. The summed E-state index contributed by atoms with van der Waals surface area (Å²) in [5.41, 5.74) is 5.27. The highest BCUT2D eigenvalue weighted by molar-refractivity contribution is 7.89. The second-order valence-electron chi connectivity index (χ2n) is 7.56. The van der Waals surface area contributed by atoms with Crippen molar-refractivity contribution in [1.82, 2.24) is 13.8 Å². The molecule has 2 amide bonds. The van der Waals surface area contributed by atoms with Gasteiger partial charge in [0.2, 0.25) is 15.9 Å². The Balaban J connectivity index is 2.08. The highest BCUT2D eigenvalue weighted by Gasteiger charge is 2.32. The van der Waals surface area contributed by atoms with Crippen LogP contribution in [0.15, 0.2) is 17.2 Å². The van der Waals surface area contributed by atoms with Crippen LogP contribution in [0, 0.1) is 5.41 Å². The number of hydrogen-bond donors (Lipinski definition) is 1. The zero-order valence-electron chi connectivity index (χ0n) is 15.2. The molecule has 1 aromatic rings. The predicted octanol–water partition coefficient (Wildman–Crippen LogP) is 0.393. The van der Waals surface area contributed by atoms with Crippen molar-refractivity contribution in [1.29, 1.82) is 0 Å². The van der Waals surface area contributed by atoms with Crippen molar-refractivity contribution in [2.75, 3.05) is 26.2 Å². The number of nitrogens with zero attached hydrogens (tertiary/aromatic N) is 3. The minimum atomic E-state index is -3.71. The Bertz CT molecular complexity index is 769. The van der Waals surface area contributed by atoms with Crippen molar-refractivity contribution in [2.24, 2.45) is 18.2 Å². The first-order valence-electron chi connectivity index (χ1n) is 8.16. The molecule has 0 saturated carbocycles. The maximum Gasteiger partial charge on any atom is 0.265 e. The van der Waals surface area contributed by atoms with E-state index >= 15 is 0 Å². The molecule has 0 atom stereocenters. The lowest BCUT2D eigenvalue weighted by Crippen LogP contribution is -2.50. The van der Waals surface area contributed by atoms with Gasteiger partial charge < -0.3 is 15.2 Å². The molecule has 9 heteroatoms. The first kappa shape index (κ1) is 19.5. The monoisotopic (exact) mass is 370 g/mol. The molecular formula is C16H26N4O4S. The van der Waals surface area contributed by atoms with Crippen molar-refractivity contribution >= 4 is 21.8 Å². The fourth-order valence-electron chi connectivity index (χ4n) is 2.81. The fourth-order valence-corrected chi connectivity index (χ4v) is 4.31. The Hall–Kier alpha value is -1.87. The van der Waals surface area contributed by atoms with Crippen LogP contribution in [-0.2, 0) is 21.9 Å². The van der Waals surface area contributed by atoms with Gasteiger partial charge in [-0.15, -0.1) is 0 Å². The molecule has 1 aliphatic rings. The normalized spacial score (nSPS) is 16.9. The lowest BCUT2D eigenvalue weighted by atomic mass is 9.91. The van der Waals surface area contributed by atoms with Gasteiger partial charge in [-0.3, -0.25) is 9.59 Å². The lowest BCUT2D eigenvalue weighted by Gasteiger charge is -2.35. The molecule has 0 unspecified atom stereocenters. The van der Waals surface area contributed by atoms with Crippen molar-refractivity contribution in [3.05, 3.63) is 18.0 Å². The van der Waals surface area contributed by atoms with Gasteiger partial charge in [0.05, 0.1) is 0 Å². The van der Waals surface area contributed by atoms with Gasteiger partial charge in [0.1, 0.15) is 10.6 Å². The number of nitrogens with two attached hydrogens (primary N) is 1. The Morgan fingerprint density at radius 1 is 1.16 bits per heavy atom. The number of sulfonamides is 1. The average molecular weight is 370 g/mol. The summed E-state index contributed by atoms with van der Waals surface area (Å²) in [4.78, 5) is 25.3. The van der Waals surface area contributed by atoms with Crippen LogP contribution in [0.25, 0.3) is 0 Å². The molecule has 8 nitrogen and oxygen atoms in total. The molecule has 2 heterocycles. The zero-order chi connectivity index (χ0) is 19.0. The molecular weight excluding hydrogens is 344 g/mol. The van der Waals surface area contributed by atoms with Crippen LogP contribution in [0.3, 0.4) is 0 Å². The van der Waals surface area contributed by atoms with Crippen LogP contribution >= 0.6 is 0 Å². The van der Waals surface area contributed by atoms with E-state index in [4.69, 9.17) is 5.73 Å². The third-order valence-corrected chi connectivity index (χ3v) is 6.01. The van der Waals surface area contributed by atoms with Gasteiger partial charge in [0, 0.05) is 45.8 Å². The van der Waals surface area contributed by atoms with Crippen molar-refractivity contribution in [3.8, 4) is 0 Å². The third kappa shape index (κ3) is 4.40. The van der Waals surface area contributed by atoms with E-state index in [1.54, 1.807) is 11.9 Å². The quantitative estimate of drug-likeness (QED) is 0.827. The number of primary amides is 1. The number of aryl methyl sites for hydroxylation is 1. The molecule has 1 aliphatic heterocycles. The molecule has 0 radical (unpaired) electrons. The minimum absolute atomic E-state index is 0.0401. The topological polar surface area (TPSA) is 106 Å². The minimum Gasteiger partial charge on any atom is -0.364 e. The number of amides is 2. The Labute approximate surface area is 148 Å². The second-order valence-corrected chi connectivity index (χ2v) is 9.50. The average Bonchev–Trinajstić information content (AvgIpc) is 2.88. The van der Waals surface area contributed by atoms with Crippen LogP contribution in [0.1, 0.15) is 37.7 Å². The number of hydrogen-bond acceptors (Lipinski definition) is 4. The van der Waals surface area contributed by atoms with Gasteiger partial charge >= 0.3 is 0 Å². The zero-order valence-corrected chi connectivity index (χ0v) is 16.0. The van der Waals surface area contributed by atoms with Crippen LogP contribution in [-0.4, -0.2) is 60.2 Å². The summed E-state index contributed by atoms with van der Waals surface area (Å²) in [5, 5.41) is 0. The molecule has 1 saturated heterocycles. The van der Waals surface area contributed by atoms with E-state index in [9.17, 15) is 18.0 Å². The van der Waals surface area contributed by atoms with E-state index in [1.165, 1.54) is 21.1 Å². The van der Waals surface area contributed by atoms with E-state index in [1.807, 2.05) is 20.8 Å². The van der Waals surface area contributed by atoms with Crippen LogP contribution in [0.5, 0.6) is 0 Å². The maximum absolute atomic E-state index is 12.7. The van der Waals surface area contributed by atoms with E-state index in [2.05, 4.69) is 0 Å². The highest BCUT2D eigenvalue weighted by Crippen LogP contribution is 2.23. The molecule has 140 valence electrons. The van der Waals surface area contributed by atoms with Gasteiger partial charge in [0.15, 0.2) is 0 Å². The van der Waals surface area contributed by atoms with Crippen LogP contribution in [0.2, 0.25) is 0 Å². The maximum atomic E-state index is 12.7. The van der Waals surface area contributed by atoms with Crippen LogP contribution < -0.4 is 5.73 Å². The van der Waals surface area contributed by atoms with E-state index in [-0.39, 0.29) is 35.0 Å². The molecule has 0 bridgehead atoms. The van der Waals surface area contributed by atoms with Crippen molar-refractivity contribution < 1.29 is 18.0 Å². The van der Waals surface area contributed by atoms with Crippen molar-refractivity contribution in [2.45, 2.75) is 32.1 Å². The highest BCUT2D eigenvalue weighted by atomic mass is 32.2. The summed E-state index contributed by atoms with van der Waals surface area (Å²) in [6, 6.07) is 1.29. The molecule has 25 heavy (non-hydrogen) atoms. The van der Waals surface area contributed by atoms with Gasteiger partial charge in [-0.05, 0) is 11.5 Å². The standard InChI is InChI=1S/C16H26N4O4S/c1-16(2,3)10-14(21)19-5-7-20(8-6-19)25(23,24)12-9-13(15(17)22)18(4)11-12/h9,11H,5-8,10H2,1-4H3,(H2,17,22). The smallest absolute Gasteiger partial charge is 0.265 e. The molecule has 0 aromatic carbocycles. The van der Waals surface area contributed by atoms with Gasteiger partial charge in [-0.1, -0.05) is 20.8 Å². The summed E-state index contributed by atoms with van der Waals surface area (Å²) >= 11 is 0. The molecule has 1 fully saturated rings. The molecule has 2 rings (SSSR count). The Morgan fingerprint density at radius 3 is 2.16 bits per heavy atom. The lowest BCUT2D eigenvalue weighted by molar-refractivity contribution is -0.134. The van der Waals surface area contributed by atoms with Crippen LogP contribution in [0.4, 0.5) is 0 Å². The Morgan fingerprint density at radius 2 is 1.72 bits per heavy atom. The van der Waals surface area contributed by atoms with Gasteiger partial charge in [-0.25, -0.2) is 8.42 Å². The Kier molecular flexibility index (Phi) is 5.29. The number of piperazine rings is 1. The molecule has 1 aromatic heterocycles. The van der Waals surface area contributed by atoms with E-state index in [0.29, 0.717) is 19.5 Å². The summed E-state index contributed by atoms with van der Waals surface area (Å²) in [6.45, 7) is 7.19.